The fourth-order valence-corrected chi connectivity index (χ4v) is 5.87. The fourth-order valence-electron chi connectivity index (χ4n) is 5.87. The molecule has 1 heterocycles. The number of nitro benzene ring substituents is 1. The third kappa shape index (κ3) is 17.4. The van der Waals surface area contributed by atoms with Crippen LogP contribution in [-0.4, -0.2) is 95.5 Å². The van der Waals surface area contributed by atoms with E-state index in [9.17, 15) is 43.7 Å². The van der Waals surface area contributed by atoms with E-state index in [1.54, 1.807) is 13.8 Å². The number of nitro groups is 1. The lowest BCUT2D eigenvalue weighted by Gasteiger charge is -2.27. The number of nitrogens with one attached hydrogen (secondary N) is 6. The van der Waals surface area contributed by atoms with Crippen molar-refractivity contribution in [2.24, 2.45) is 39.9 Å². The zero-order chi connectivity index (χ0) is 45.8. The Hall–Kier alpha value is -6.38. The Balaban J connectivity index is 2.28. The van der Waals surface area contributed by atoms with Gasteiger partial charge in [-0.3, -0.25) is 54.0 Å². The van der Waals surface area contributed by atoms with E-state index in [-0.39, 0.29) is 61.5 Å². The van der Waals surface area contributed by atoms with Crippen molar-refractivity contribution in [1.29, 1.82) is 0 Å². The first-order valence-electron chi connectivity index (χ1n) is 20.2. The van der Waals surface area contributed by atoms with Gasteiger partial charge in [-0.15, -0.1) is 0 Å². The van der Waals surface area contributed by atoms with Crippen molar-refractivity contribution >= 4 is 53.0 Å². The number of hydrogen-bond donors (Lipinski definition) is 9. The van der Waals surface area contributed by atoms with Crippen LogP contribution in [0.25, 0.3) is 0 Å². The Kier molecular flexibility index (Phi) is 21.0. The molecular weight excluding hydrogens is 795 g/mol. The minimum atomic E-state index is -1.41. The molecule has 1 aromatic carbocycles. The van der Waals surface area contributed by atoms with E-state index in [1.807, 2.05) is 27.7 Å². The molecule has 0 saturated carbocycles. The Morgan fingerprint density at radius 1 is 0.787 bits per heavy atom. The highest BCUT2D eigenvalue weighted by atomic mass is 16.6. The molecule has 2 rings (SSSR count). The summed E-state index contributed by atoms with van der Waals surface area (Å²) in [7, 11) is 0. The van der Waals surface area contributed by atoms with Gasteiger partial charge >= 0.3 is 0 Å². The number of benzene rings is 1. The van der Waals surface area contributed by atoms with Crippen LogP contribution in [0.3, 0.4) is 0 Å². The predicted octanol–water partition coefficient (Wildman–Crippen LogP) is 0.262. The van der Waals surface area contributed by atoms with Crippen molar-refractivity contribution in [3.8, 4) is 0 Å². The van der Waals surface area contributed by atoms with Crippen LogP contribution in [0.5, 0.6) is 0 Å². The van der Waals surface area contributed by atoms with Crippen molar-refractivity contribution < 1.29 is 42.9 Å². The summed E-state index contributed by atoms with van der Waals surface area (Å²) in [6.07, 6.45) is 2.51. The lowest BCUT2D eigenvalue weighted by atomic mass is 9.96. The van der Waals surface area contributed by atoms with Gasteiger partial charge in [-0.1, -0.05) is 66.5 Å². The van der Waals surface area contributed by atoms with Crippen molar-refractivity contribution in [3.63, 3.8) is 0 Å². The Bertz CT molecular complexity index is 1830. The van der Waals surface area contributed by atoms with Crippen molar-refractivity contribution in [2.45, 2.75) is 110 Å². The highest BCUT2D eigenvalue weighted by Gasteiger charge is 2.33. The molecule has 336 valence electrons. The van der Waals surface area contributed by atoms with Gasteiger partial charge in [0.25, 0.3) is 11.6 Å². The Morgan fingerprint density at radius 2 is 1.43 bits per heavy atom. The molecule has 21 heteroatoms. The van der Waals surface area contributed by atoms with Gasteiger partial charge in [-0.2, -0.15) is 0 Å². The van der Waals surface area contributed by atoms with E-state index in [1.165, 1.54) is 42.7 Å². The first-order chi connectivity index (χ1) is 28.8. The summed E-state index contributed by atoms with van der Waals surface area (Å²) >= 11 is 0. The monoisotopic (exact) mass is 855 g/mol. The molecule has 0 aliphatic rings. The fraction of sp³-hybridized carbons (Fsp3) is 0.550. The normalized spacial score (nSPS) is 14.4. The van der Waals surface area contributed by atoms with Crippen LogP contribution in [0.2, 0.25) is 0 Å². The number of furan rings is 1. The number of non-ortho nitro benzene ring substituents is 1. The second-order valence-corrected chi connectivity index (χ2v) is 15.2. The van der Waals surface area contributed by atoms with E-state index in [0.717, 1.165) is 0 Å². The van der Waals surface area contributed by atoms with E-state index in [2.05, 4.69) is 36.9 Å². The molecule has 0 unspecified atom stereocenters. The van der Waals surface area contributed by atoms with E-state index < -0.39 is 88.9 Å². The summed E-state index contributed by atoms with van der Waals surface area (Å²) in [5.74, 6) is -6.17. The highest BCUT2D eigenvalue weighted by molar-refractivity contribution is 6.02. The van der Waals surface area contributed by atoms with Crippen LogP contribution in [0.4, 0.5) is 5.69 Å². The van der Waals surface area contributed by atoms with Crippen molar-refractivity contribution in [3.05, 3.63) is 64.1 Å². The molecule has 0 aliphatic carbocycles. The third-order valence-corrected chi connectivity index (χ3v) is 9.91. The zero-order valence-electron chi connectivity index (χ0n) is 35.5. The van der Waals surface area contributed by atoms with Gasteiger partial charge in [-0.05, 0) is 54.7 Å². The molecule has 12 N–H and O–H groups in total. The van der Waals surface area contributed by atoms with Crippen LogP contribution in [-0.2, 0) is 35.2 Å². The summed E-state index contributed by atoms with van der Waals surface area (Å²) in [5, 5.41) is 26.4. The van der Waals surface area contributed by atoms with Crippen LogP contribution in [0, 0.1) is 27.9 Å². The van der Waals surface area contributed by atoms with E-state index in [0.29, 0.717) is 18.4 Å². The molecule has 1 aromatic heterocycles. The maximum Gasteiger partial charge on any atom is 0.287 e. The highest BCUT2D eigenvalue weighted by Crippen LogP contribution is 2.15. The lowest BCUT2D eigenvalue weighted by molar-refractivity contribution is -0.384. The number of carbonyl (C=O) groups is 7. The molecule has 0 bridgehead atoms. The maximum atomic E-state index is 13.9. The topological polar surface area (TPSA) is 338 Å². The van der Waals surface area contributed by atoms with Gasteiger partial charge in [0, 0.05) is 25.1 Å². The number of rotatable bonds is 25. The largest absolute Gasteiger partial charge is 0.459 e. The second kappa shape index (κ2) is 25.3. The third-order valence-electron chi connectivity index (χ3n) is 9.91. The molecule has 7 atom stereocenters. The predicted molar refractivity (Wildman–Crippen MR) is 225 cm³/mol. The number of hydrogen-bond acceptors (Lipinski definition) is 12. The molecule has 0 fully saturated rings. The number of amides is 7. The standard InChI is InChI=1S/C40H61N11O10/c1-7-23(5)32(41)38(57)50-36(55)29(20-25-13-15-26(16-14-25)51(59)60)47-34(53)27(11-9-17-44-40(42)43)46-31(52)21-45-39(58)33(24(6)8-2)49-35(54)28(19-22(3)4)48-37(56)30-12-10-18-61-30/h10,12-16,18,22-24,27-29,32-33H,7-9,11,17,19-21,41H2,1-6H3,(H,45,58)(H,46,52)(H,47,53)(H,48,56)(H,49,54)(H4,42,43,44)(H,50,55,57)/t23-,24-,27-,28-,29-,32-,33-/m0/s1. The quantitative estimate of drug-likeness (QED) is 0.0213. The van der Waals surface area contributed by atoms with Crippen LogP contribution >= 0.6 is 0 Å². The zero-order valence-corrected chi connectivity index (χ0v) is 35.5. The van der Waals surface area contributed by atoms with Gasteiger partial charge in [-0.25, -0.2) is 0 Å². The summed E-state index contributed by atoms with van der Waals surface area (Å²) in [5.41, 5.74) is 17.1. The van der Waals surface area contributed by atoms with Crippen LogP contribution < -0.4 is 49.1 Å². The smallest absolute Gasteiger partial charge is 0.287 e. The SMILES string of the molecule is CC[C@H](C)[C@H](N)C(=O)NC(=O)[C@H](Cc1ccc([N+](=O)[O-])cc1)NC(=O)[C@H](CCCN=C(N)N)NC(=O)CNC(=O)[C@@H](NC(=O)[C@H](CC(C)C)NC(=O)c1ccco1)[C@@H](C)CC. The molecule has 7 amide bonds. The average molecular weight is 856 g/mol. The van der Waals surface area contributed by atoms with E-state index >= 15 is 0 Å². The van der Waals surface area contributed by atoms with E-state index in [4.69, 9.17) is 21.6 Å². The minimum Gasteiger partial charge on any atom is -0.459 e. The van der Waals surface area contributed by atoms with Gasteiger partial charge in [0.2, 0.25) is 35.4 Å². The molecule has 0 saturated heterocycles. The molecule has 61 heavy (non-hydrogen) atoms. The summed E-state index contributed by atoms with van der Waals surface area (Å²) < 4.78 is 5.15. The number of nitrogens with zero attached hydrogens (tertiary/aromatic N) is 2. The molecule has 0 aliphatic heterocycles. The number of guanidine groups is 1. The van der Waals surface area contributed by atoms with Gasteiger partial charge in [0.15, 0.2) is 11.7 Å². The first kappa shape index (κ1) is 50.8. The first-order valence-corrected chi connectivity index (χ1v) is 20.2. The summed E-state index contributed by atoms with van der Waals surface area (Å²) in [6.45, 7) is 10.3. The van der Waals surface area contributed by atoms with Crippen LogP contribution in [0.15, 0.2) is 52.1 Å². The van der Waals surface area contributed by atoms with Crippen LogP contribution in [0.1, 0.15) is 89.8 Å². The number of aliphatic imine (C=N–C) groups is 1. The minimum absolute atomic E-state index is 0.00667. The van der Waals surface area contributed by atoms with Gasteiger partial charge in [0.05, 0.1) is 23.8 Å². The molecule has 21 nitrogen and oxygen atoms in total. The van der Waals surface area contributed by atoms with Crippen molar-refractivity contribution in [1.82, 2.24) is 31.9 Å². The number of carbonyl (C=O) groups excluding carboxylic acids is 7. The van der Waals surface area contributed by atoms with Crippen molar-refractivity contribution in [2.75, 3.05) is 13.1 Å². The Morgan fingerprint density at radius 3 is 1.98 bits per heavy atom. The summed E-state index contributed by atoms with van der Waals surface area (Å²) in [4.78, 5) is 108. The lowest BCUT2D eigenvalue weighted by Crippen LogP contribution is -2.58. The molecule has 2 aromatic rings. The number of imide groups is 1. The molecule has 0 spiro atoms. The second-order valence-electron chi connectivity index (χ2n) is 15.2. The summed E-state index contributed by atoms with van der Waals surface area (Å²) in [6, 6.07) is 2.31. The van der Waals surface area contributed by atoms with Gasteiger partial charge in [0.1, 0.15) is 24.2 Å². The number of nitrogens with two attached hydrogens (primary N) is 3. The molecular formula is C40H61N11O10. The average Bonchev–Trinajstić information content (AvgIpc) is 3.77. The Labute approximate surface area is 354 Å². The van der Waals surface area contributed by atoms with Gasteiger partial charge < -0.3 is 48.2 Å². The maximum absolute atomic E-state index is 13.9. The molecule has 0 radical (unpaired) electrons.